The number of aromatic hydroxyl groups is 1. The molecule has 3 rings (SSSR count). The Morgan fingerprint density at radius 2 is 1.63 bits per heavy atom. The van der Waals surface area contributed by atoms with Gasteiger partial charge in [0.2, 0.25) is 15.9 Å². The number of sulfonamides is 1. The molecule has 7 nitrogen and oxygen atoms in total. The van der Waals surface area contributed by atoms with E-state index in [4.69, 9.17) is 0 Å². The van der Waals surface area contributed by atoms with Gasteiger partial charge in [-0.15, -0.1) is 0 Å². The maximum atomic E-state index is 12.9. The van der Waals surface area contributed by atoms with Gasteiger partial charge in [0.05, 0.1) is 15.2 Å². The van der Waals surface area contributed by atoms with Crippen LogP contribution < -0.4 is 0 Å². The molecule has 0 bridgehead atoms. The summed E-state index contributed by atoms with van der Waals surface area (Å²) in [6, 6.07) is 4.12. The number of carbonyl (C=O) groups is 1. The molecule has 2 saturated heterocycles. The summed E-state index contributed by atoms with van der Waals surface area (Å²) in [5.41, 5.74) is 0.992. The molecule has 10 heteroatoms. The lowest BCUT2D eigenvalue weighted by molar-refractivity contribution is -0.136. The van der Waals surface area contributed by atoms with Crippen LogP contribution in [0.25, 0.3) is 0 Å². The van der Waals surface area contributed by atoms with Crippen LogP contribution >= 0.6 is 31.9 Å². The summed E-state index contributed by atoms with van der Waals surface area (Å²) in [5, 5.41) is 9.86. The molecule has 0 aliphatic carbocycles. The van der Waals surface area contributed by atoms with Crippen LogP contribution in [-0.2, 0) is 21.2 Å². The van der Waals surface area contributed by atoms with Crippen molar-refractivity contribution in [1.82, 2.24) is 14.1 Å². The standard InChI is InChI=1S/C20H29Br2N3O4S/c1-14(11-15-12-17(21)19(26)18(22)13-15)20(27)24-5-3-16(4-6-24)23-7-9-25(10-8-23)30(2,28)29/h12-14,16,26H,3-11H2,1-2H3/t14-/m1/s1. The predicted molar refractivity (Wildman–Crippen MR) is 124 cm³/mol. The molecule has 2 aliphatic rings. The highest BCUT2D eigenvalue weighted by molar-refractivity contribution is 9.11. The zero-order valence-electron chi connectivity index (χ0n) is 17.4. The van der Waals surface area contributed by atoms with Crippen LogP contribution in [-0.4, -0.2) is 85.1 Å². The summed E-state index contributed by atoms with van der Waals surface area (Å²) >= 11 is 6.69. The van der Waals surface area contributed by atoms with Gasteiger partial charge in [-0.3, -0.25) is 9.69 Å². The maximum absolute atomic E-state index is 12.9. The normalized spacial score (nSPS) is 21.0. The van der Waals surface area contributed by atoms with E-state index in [1.165, 1.54) is 6.26 Å². The van der Waals surface area contributed by atoms with Gasteiger partial charge in [-0.2, -0.15) is 4.31 Å². The Kier molecular flexibility index (Phi) is 7.87. The molecular formula is C20H29Br2N3O4S. The highest BCUT2D eigenvalue weighted by Crippen LogP contribution is 2.34. The SMILES string of the molecule is C[C@H](Cc1cc(Br)c(O)c(Br)c1)C(=O)N1CCC(N2CCN(S(C)(=O)=O)CC2)CC1. The number of carbonyl (C=O) groups excluding carboxylic acids is 1. The van der Waals surface area contributed by atoms with Gasteiger partial charge in [-0.25, -0.2) is 8.42 Å². The summed E-state index contributed by atoms with van der Waals surface area (Å²) in [6.45, 7) is 6.04. The number of likely N-dealkylation sites (tertiary alicyclic amines) is 1. The molecule has 2 fully saturated rings. The van der Waals surface area contributed by atoms with Gasteiger partial charge in [0, 0.05) is 51.2 Å². The number of hydrogen-bond acceptors (Lipinski definition) is 5. The smallest absolute Gasteiger partial charge is 0.225 e. The lowest BCUT2D eigenvalue weighted by Crippen LogP contribution is -2.54. The molecule has 2 aliphatic heterocycles. The van der Waals surface area contributed by atoms with E-state index < -0.39 is 10.0 Å². The third kappa shape index (κ3) is 5.76. The van der Waals surface area contributed by atoms with Gasteiger partial charge >= 0.3 is 0 Å². The third-order valence-electron chi connectivity index (χ3n) is 6.07. The molecule has 0 radical (unpaired) electrons. The molecule has 30 heavy (non-hydrogen) atoms. The molecule has 168 valence electrons. The van der Waals surface area contributed by atoms with Crippen molar-refractivity contribution in [2.75, 3.05) is 45.5 Å². The number of piperidine rings is 1. The van der Waals surface area contributed by atoms with Crippen molar-refractivity contribution in [3.63, 3.8) is 0 Å². The number of phenolic OH excluding ortho intramolecular Hbond substituents is 1. The van der Waals surface area contributed by atoms with Crippen LogP contribution in [0, 0.1) is 5.92 Å². The van der Waals surface area contributed by atoms with Gasteiger partial charge in [-0.1, -0.05) is 6.92 Å². The molecule has 2 heterocycles. The first-order valence-corrected chi connectivity index (χ1v) is 13.6. The Bertz CT molecular complexity index is 857. The van der Waals surface area contributed by atoms with Crippen molar-refractivity contribution in [2.24, 2.45) is 5.92 Å². The van der Waals surface area contributed by atoms with Gasteiger partial charge in [0.25, 0.3) is 0 Å². The van der Waals surface area contributed by atoms with Crippen molar-refractivity contribution >= 4 is 47.8 Å². The average molecular weight is 567 g/mol. The van der Waals surface area contributed by atoms with E-state index in [9.17, 15) is 18.3 Å². The summed E-state index contributed by atoms with van der Waals surface area (Å²) in [7, 11) is -3.11. The van der Waals surface area contributed by atoms with Crippen molar-refractivity contribution in [3.05, 3.63) is 26.6 Å². The van der Waals surface area contributed by atoms with E-state index >= 15 is 0 Å². The monoisotopic (exact) mass is 565 g/mol. The molecule has 1 aromatic carbocycles. The second-order valence-electron chi connectivity index (χ2n) is 8.27. The fourth-order valence-corrected chi connectivity index (χ4v) is 6.45. The van der Waals surface area contributed by atoms with Crippen LogP contribution in [0.5, 0.6) is 5.75 Å². The number of amides is 1. The second kappa shape index (κ2) is 9.85. The number of benzene rings is 1. The zero-order chi connectivity index (χ0) is 22.1. The molecule has 0 spiro atoms. The second-order valence-corrected chi connectivity index (χ2v) is 12.0. The Morgan fingerprint density at radius 3 is 2.13 bits per heavy atom. The van der Waals surface area contributed by atoms with Crippen molar-refractivity contribution < 1.29 is 18.3 Å². The molecule has 0 unspecified atom stereocenters. The van der Waals surface area contributed by atoms with Gasteiger partial charge in [0.1, 0.15) is 5.75 Å². The highest BCUT2D eigenvalue weighted by Gasteiger charge is 2.32. The Morgan fingerprint density at radius 1 is 1.10 bits per heavy atom. The summed E-state index contributed by atoms with van der Waals surface area (Å²) < 4.78 is 26.1. The number of phenols is 1. The topological polar surface area (TPSA) is 81.2 Å². The third-order valence-corrected chi connectivity index (χ3v) is 8.59. The van der Waals surface area contributed by atoms with Crippen molar-refractivity contribution in [1.29, 1.82) is 0 Å². The lowest BCUT2D eigenvalue weighted by Gasteiger charge is -2.42. The fraction of sp³-hybridized carbons (Fsp3) is 0.650. The Hall–Kier alpha value is -0.680. The maximum Gasteiger partial charge on any atom is 0.225 e. The summed E-state index contributed by atoms with van der Waals surface area (Å²) in [4.78, 5) is 17.3. The lowest BCUT2D eigenvalue weighted by atomic mass is 9.97. The van der Waals surface area contributed by atoms with Gasteiger partial charge in [-0.05, 0) is 68.8 Å². The molecule has 0 saturated carbocycles. The van der Waals surface area contributed by atoms with Crippen molar-refractivity contribution in [2.45, 2.75) is 32.2 Å². The van der Waals surface area contributed by atoms with E-state index in [1.54, 1.807) is 4.31 Å². The minimum absolute atomic E-state index is 0.136. The molecular weight excluding hydrogens is 538 g/mol. The number of piperazine rings is 1. The van der Waals surface area contributed by atoms with Crippen LogP contribution in [0.15, 0.2) is 21.1 Å². The van der Waals surface area contributed by atoms with Gasteiger partial charge < -0.3 is 10.0 Å². The van der Waals surface area contributed by atoms with Gasteiger partial charge in [0.15, 0.2) is 0 Å². The Labute approximate surface area is 195 Å². The Balaban J connectivity index is 1.49. The summed E-state index contributed by atoms with van der Waals surface area (Å²) in [5.74, 6) is 0.191. The molecule has 1 amide bonds. The first-order valence-electron chi connectivity index (χ1n) is 10.2. The summed E-state index contributed by atoms with van der Waals surface area (Å²) in [6.07, 6.45) is 3.73. The van der Waals surface area contributed by atoms with E-state index in [0.717, 1.165) is 44.6 Å². The zero-order valence-corrected chi connectivity index (χ0v) is 21.3. The van der Waals surface area contributed by atoms with Crippen LogP contribution in [0.1, 0.15) is 25.3 Å². The van der Waals surface area contributed by atoms with Crippen LogP contribution in [0.3, 0.4) is 0 Å². The number of hydrogen-bond donors (Lipinski definition) is 1. The minimum atomic E-state index is -3.11. The van der Waals surface area contributed by atoms with Crippen LogP contribution in [0.2, 0.25) is 0 Å². The molecule has 1 N–H and O–H groups in total. The largest absolute Gasteiger partial charge is 0.506 e. The first kappa shape index (κ1) is 24.0. The molecule has 1 aromatic rings. The predicted octanol–water partition coefficient (Wildman–Crippen LogP) is 2.66. The van der Waals surface area contributed by atoms with Crippen molar-refractivity contribution in [3.8, 4) is 5.75 Å². The quantitative estimate of drug-likeness (QED) is 0.592. The molecule has 1 atom stereocenters. The van der Waals surface area contributed by atoms with E-state index in [0.29, 0.717) is 34.5 Å². The first-order chi connectivity index (χ1) is 14.1. The van der Waals surface area contributed by atoms with E-state index in [1.807, 2.05) is 24.0 Å². The fourth-order valence-electron chi connectivity index (χ4n) is 4.34. The van der Waals surface area contributed by atoms with E-state index in [2.05, 4.69) is 36.8 Å². The van der Waals surface area contributed by atoms with Crippen LogP contribution in [0.4, 0.5) is 0 Å². The van der Waals surface area contributed by atoms with E-state index in [-0.39, 0.29) is 17.6 Å². The number of nitrogens with zero attached hydrogens (tertiary/aromatic N) is 3. The number of halogens is 2. The highest BCUT2D eigenvalue weighted by atomic mass is 79.9. The molecule has 0 aromatic heterocycles. The number of rotatable bonds is 5. The minimum Gasteiger partial charge on any atom is -0.506 e. The average Bonchev–Trinajstić information content (AvgIpc) is 2.71.